The Hall–Kier alpha value is -0.860. The van der Waals surface area contributed by atoms with Gasteiger partial charge in [-0.1, -0.05) is 18.2 Å². The Kier molecular flexibility index (Phi) is 2.30. The topological polar surface area (TPSA) is 32.3 Å². The lowest BCUT2D eigenvalue weighted by Gasteiger charge is -2.37. The Morgan fingerprint density at radius 2 is 2.00 bits per heavy atom. The van der Waals surface area contributed by atoms with E-state index in [4.69, 9.17) is 0 Å². The van der Waals surface area contributed by atoms with Gasteiger partial charge in [0.1, 0.15) is 0 Å². The van der Waals surface area contributed by atoms with Gasteiger partial charge in [0.05, 0.1) is 5.60 Å². The largest absolute Gasteiger partial charge is 0.385 e. The van der Waals surface area contributed by atoms with Gasteiger partial charge in [0.25, 0.3) is 0 Å². The normalized spacial score (nSPS) is 26.2. The van der Waals surface area contributed by atoms with Crippen molar-refractivity contribution in [3.63, 3.8) is 0 Å². The monoisotopic (exact) mass is 217 g/mol. The van der Waals surface area contributed by atoms with Crippen molar-refractivity contribution in [2.24, 2.45) is 0 Å². The second-order valence-corrected chi connectivity index (χ2v) is 5.26. The number of likely N-dealkylation sites (N-methyl/N-ethyl adjacent to an activating group) is 1. The molecule has 0 heterocycles. The summed E-state index contributed by atoms with van der Waals surface area (Å²) in [6.07, 6.45) is 5.26. The Bertz CT molecular complexity index is 409. The quantitative estimate of drug-likeness (QED) is 0.791. The highest BCUT2D eigenvalue weighted by atomic mass is 16.3. The molecule has 16 heavy (non-hydrogen) atoms. The van der Waals surface area contributed by atoms with Crippen LogP contribution in [0, 0.1) is 0 Å². The van der Waals surface area contributed by atoms with E-state index in [-0.39, 0.29) is 0 Å². The Labute approximate surface area is 96.7 Å². The van der Waals surface area contributed by atoms with Gasteiger partial charge in [-0.15, -0.1) is 0 Å². The third kappa shape index (κ3) is 1.48. The van der Waals surface area contributed by atoms with E-state index < -0.39 is 5.60 Å². The molecule has 1 atom stereocenters. The highest BCUT2D eigenvalue weighted by molar-refractivity contribution is 5.39. The molecule has 3 rings (SSSR count). The molecule has 2 nitrogen and oxygen atoms in total. The average Bonchev–Trinajstić information content (AvgIpc) is 2.67. The van der Waals surface area contributed by atoms with Gasteiger partial charge in [-0.2, -0.15) is 0 Å². The van der Waals surface area contributed by atoms with Crippen molar-refractivity contribution in [1.29, 1.82) is 0 Å². The van der Waals surface area contributed by atoms with Gasteiger partial charge < -0.3 is 10.4 Å². The summed E-state index contributed by atoms with van der Waals surface area (Å²) in [4.78, 5) is 0. The van der Waals surface area contributed by atoms with Crippen molar-refractivity contribution in [1.82, 2.24) is 5.32 Å². The summed E-state index contributed by atoms with van der Waals surface area (Å²) in [5.74, 6) is 0. The van der Waals surface area contributed by atoms with Crippen LogP contribution in [0.1, 0.15) is 36.0 Å². The minimum Gasteiger partial charge on any atom is -0.385 e. The number of hydrogen-bond donors (Lipinski definition) is 2. The van der Waals surface area contributed by atoms with Crippen LogP contribution in [0.4, 0.5) is 0 Å². The molecule has 0 saturated heterocycles. The summed E-state index contributed by atoms with van der Waals surface area (Å²) in [7, 11) is 2.02. The maximum absolute atomic E-state index is 10.3. The standard InChI is InChI=1S/C14H19NO/c1-15-13-8-10-3-4-12(7-11(10)9-13)14(16)5-2-6-14/h3-4,7,13,15-16H,2,5-6,8-9H2,1H3/t13-/m1/s1. The summed E-state index contributed by atoms with van der Waals surface area (Å²) in [6.45, 7) is 0. The number of hydrogen-bond acceptors (Lipinski definition) is 2. The molecule has 1 aromatic rings. The molecule has 0 aromatic heterocycles. The second-order valence-electron chi connectivity index (χ2n) is 5.26. The maximum atomic E-state index is 10.3. The lowest BCUT2D eigenvalue weighted by Crippen LogP contribution is -2.33. The molecule has 0 aliphatic heterocycles. The maximum Gasteiger partial charge on any atom is 0.0896 e. The fourth-order valence-electron chi connectivity index (χ4n) is 2.91. The summed E-state index contributed by atoms with van der Waals surface area (Å²) in [5.41, 5.74) is 3.50. The first-order chi connectivity index (χ1) is 7.71. The number of rotatable bonds is 2. The molecule has 2 heteroatoms. The first-order valence-electron chi connectivity index (χ1n) is 6.23. The molecule has 0 bridgehead atoms. The zero-order valence-corrected chi connectivity index (χ0v) is 9.79. The van der Waals surface area contributed by atoms with Gasteiger partial charge in [-0.25, -0.2) is 0 Å². The number of nitrogens with one attached hydrogen (secondary N) is 1. The molecule has 2 aliphatic rings. The van der Waals surface area contributed by atoms with Crippen LogP contribution in [0.2, 0.25) is 0 Å². The molecule has 0 radical (unpaired) electrons. The number of benzene rings is 1. The van der Waals surface area contributed by atoms with Crippen LogP contribution in [0.5, 0.6) is 0 Å². The third-order valence-corrected chi connectivity index (χ3v) is 4.27. The molecule has 1 aromatic carbocycles. The lowest BCUT2D eigenvalue weighted by molar-refractivity contribution is -0.0388. The predicted molar refractivity (Wildman–Crippen MR) is 64.4 cm³/mol. The van der Waals surface area contributed by atoms with Gasteiger partial charge in [0, 0.05) is 6.04 Å². The molecular formula is C14H19NO. The van der Waals surface area contributed by atoms with Crippen LogP contribution in [-0.2, 0) is 18.4 Å². The molecule has 0 spiro atoms. The first kappa shape index (κ1) is 10.3. The van der Waals surface area contributed by atoms with E-state index in [2.05, 4.69) is 23.5 Å². The number of aliphatic hydroxyl groups is 1. The van der Waals surface area contributed by atoms with Gasteiger partial charge in [-0.05, 0) is 55.8 Å². The van der Waals surface area contributed by atoms with Crippen molar-refractivity contribution in [3.05, 3.63) is 34.9 Å². The van der Waals surface area contributed by atoms with E-state index in [1.165, 1.54) is 11.1 Å². The Balaban J connectivity index is 1.90. The average molecular weight is 217 g/mol. The van der Waals surface area contributed by atoms with Gasteiger partial charge in [0.2, 0.25) is 0 Å². The molecule has 1 fully saturated rings. The molecule has 2 N–H and O–H groups in total. The fraction of sp³-hybridized carbons (Fsp3) is 0.571. The van der Waals surface area contributed by atoms with Gasteiger partial charge in [0.15, 0.2) is 0 Å². The first-order valence-corrected chi connectivity index (χ1v) is 6.23. The molecule has 0 unspecified atom stereocenters. The predicted octanol–water partition coefficient (Wildman–Crippen LogP) is 1.74. The SMILES string of the molecule is CN[C@@H]1Cc2ccc(C3(O)CCC3)cc2C1. The van der Waals surface area contributed by atoms with Crippen LogP contribution < -0.4 is 5.32 Å². The number of fused-ring (bicyclic) bond motifs is 1. The van der Waals surface area contributed by atoms with Crippen LogP contribution in [-0.4, -0.2) is 18.2 Å². The molecule has 2 aliphatic carbocycles. The van der Waals surface area contributed by atoms with Gasteiger partial charge >= 0.3 is 0 Å². The van der Waals surface area contributed by atoms with Crippen LogP contribution in [0.3, 0.4) is 0 Å². The zero-order valence-electron chi connectivity index (χ0n) is 9.79. The van der Waals surface area contributed by atoms with Crippen molar-refractivity contribution in [3.8, 4) is 0 Å². The lowest BCUT2D eigenvalue weighted by atomic mass is 9.74. The smallest absolute Gasteiger partial charge is 0.0896 e. The molecule has 86 valence electrons. The van der Waals surface area contributed by atoms with E-state index >= 15 is 0 Å². The molecule has 1 saturated carbocycles. The summed E-state index contributed by atoms with van der Waals surface area (Å²) in [5, 5.41) is 13.7. The van der Waals surface area contributed by atoms with Crippen LogP contribution >= 0.6 is 0 Å². The molecule has 0 amide bonds. The Morgan fingerprint density at radius 3 is 2.62 bits per heavy atom. The van der Waals surface area contributed by atoms with E-state index in [0.29, 0.717) is 6.04 Å². The van der Waals surface area contributed by atoms with Crippen molar-refractivity contribution < 1.29 is 5.11 Å². The van der Waals surface area contributed by atoms with E-state index in [9.17, 15) is 5.11 Å². The summed E-state index contributed by atoms with van der Waals surface area (Å²) in [6, 6.07) is 7.14. The van der Waals surface area contributed by atoms with E-state index in [1.807, 2.05) is 7.05 Å². The third-order valence-electron chi connectivity index (χ3n) is 4.27. The van der Waals surface area contributed by atoms with Gasteiger partial charge in [-0.3, -0.25) is 0 Å². The van der Waals surface area contributed by atoms with Crippen molar-refractivity contribution in [2.45, 2.75) is 43.7 Å². The Morgan fingerprint density at radius 1 is 1.25 bits per heavy atom. The minimum absolute atomic E-state index is 0.507. The second kappa shape index (κ2) is 3.57. The zero-order chi connectivity index (χ0) is 11.2. The fourth-order valence-corrected chi connectivity index (χ4v) is 2.91. The highest BCUT2D eigenvalue weighted by Gasteiger charge is 2.36. The summed E-state index contributed by atoms with van der Waals surface area (Å²) >= 11 is 0. The highest BCUT2D eigenvalue weighted by Crippen LogP contribution is 2.42. The van der Waals surface area contributed by atoms with Crippen molar-refractivity contribution >= 4 is 0 Å². The van der Waals surface area contributed by atoms with Crippen LogP contribution in [0.15, 0.2) is 18.2 Å². The van der Waals surface area contributed by atoms with E-state index in [0.717, 1.165) is 37.7 Å². The van der Waals surface area contributed by atoms with Crippen LogP contribution in [0.25, 0.3) is 0 Å². The molecular weight excluding hydrogens is 198 g/mol. The van der Waals surface area contributed by atoms with Crippen molar-refractivity contribution in [2.75, 3.05) is 7.05 Å². The summed E-state index contributed by atoms with van der Waals surface area (Å²) < 4.78 is 0. The van der Waals surface area contributed by atoms with E-state index in [1.54, 1.807) is 0 Å². The minimum atomic E-state index is -0.507.